The van der Waals surface area contributed by atoms with Gasteiger partial charge in [-0.05, 0) is 45.6 Å². The van der Waals surface area contributed by atoms with Gasteiger partial charge in [0, 0.05) is 19.3 Å². The average Bonchev–Trinajstić information content (AvgIpc) is 2.28. The van der Waals surface area contributed by atoms with E-state index in [9.17, 15) is 0 Å². The first-order valence-electron chi connectivity index (χ1n) is 7.06. The zero-order valence-electron chi connectivity index (χ0n) is 11.9. The summed E-state index contributed by atoms with van der Waals surface area (Å²) in [5, 5.41) is 3.62. The maximum absolute atomic E-state index is 5.76. The summed E-state index contributed by atoms with van der Waals surface area (Å²) in [5.74, 6) is 0.629. The lowest BCUT2D eigenvalue weighted by atomic mass is 9.95. The minimum absolute atomic E-state index is 0.350. The smallest absolute Gasteiger partial charge is 0.0612 e. The summed E-state index contributed by atoms with van der Waals surface area (Å²) >= 11 is 0. The minimum atomic E-state index is 0.350. The number of nitrogens with one attached hydrogen (secondary N) is 1. The Morgan fingerprint density at radius 3 is 2.71 bits per heavy atom. The van der Waals surface area contributed by atoms with E-state index in [1.54, 1.807) is 0 Å². The van der Waals surface area contributed by atoms with Crippen LogP contribution in [0.5, 0.6) is 0 Å². The Kier molecular flexibility index (Phi) is 7.09. The standard InChI is InChI=1S/C14H29NO2/c1-11(2)14-10-13(6-9-17-14)15-7-5-8-16-12(3)4/h11-15H,5-10H2,1-4H3. The number of rotatable bonds is 7. The molecule has 0 aromatic rings. The minimum Gasteiger partial charge on any atom is -0.379 e. The summed E-state index contributed by atoms with van der Waals surface area (Å²) in [4.78, 5) is 0. The molecular formula is C14H29NO2. The molecular weight excluding hydrogens is 214 g/mol. The molecule has 0 aromatic heterocycles. The van der Waals surface area contributed by atoms with E-state index in [0.717, 1.165) is 39.0 Å². The number of ether oxygens (including phenoxy) is 2. The Morgan fingerprint density at radius 2 is 2.06 bits per heavy atom. The molecule has 1 aliphatic rings. The van der Waals surface area contributed by atoms with Crippen molar-refractivity contribution in [3.63, 3.8) is 0 Å². The van der Waals surface area contributed by atoms with Gasteiger partial charge in [0.1, 0.15) is 0 Å². The highest BCUT2D eigenvalue weighted by atomic mass is 16.5. The molecule has 2 unspecified atom stereocenters. The number of hydrogen-bond acceptors (Lipinski definition) is 3. The molecule has 0 amide bonds. The van der Waals surface area contributed by atoms with Gasteiger partial charge in [0.25, 0.3) is 0 Å². The van der Waals surface area contributed by atoms with Crippen molar-refractivity contribution < 1.29 is 9.47 Å². The first kappa shape index (κ1) is 14.9. The van der Waals surface area contributed by atoms with Crippen LogP contribution in [0.1, 0.15) is 47.0 Å². The summed E-state index contributed by atoms with van der Waals surface area (Å²) < 4.78 is 11.3. The van der Waals surface area contributed by atoms with Gasteiger partial charge >= 0.3 is 0 Å². The molecule has 1 heterocycles. The van der Waals surface area contributed by atoms with E-state index in [2.05, 4.69) is 33.0 Å². The highest BCUT2D eigenvalue weighted by Crippen LogP contribution is 2.19. The Balaban J connectivity index is 2.06. The van der Waals surface area contributed by atoms with Crippen molar-refractivity contribution in [1.29, 1.82) is 0 Å². The van der Waals surface area contributed by atoms with E-state index in [1.807, 2.05) is 0 Å². The zero-order valence-corrected chi connectivity index (χ0v) is 11.9. The van der Waals surface area contributed by atoms with Crippen LogP contribution in [0.15, 0.2) is 0 Å². The topological polar surface area (TPSA) is 30.5 Å². The summed E-state index contributed by atoms with van der Waals surface area (Å²) in [6.07, 6.45) is 4.19. The molecule has 1 saturated heterocycles. The lowest BCUT2D eigenvalue weighted by Gasteiger charge is -2.32. The molecule has 0 radical (unpaired) electrons. The molecule has 1 aliphatic heterocycles. The van der Waals surface area contributed by atoms with Gasteiger partial charge in [0.15, 0.2) is 0 Å². The second-order valence-electron chi connectivity index (χ2n) is 5.60. The summed E-state index contributed by atoms with van der Waals surface area (Å²) in [6.45, 7) is 11.5. The molecule has 3 heteroatoms. The third-order valence-corrected chi connectivity index (χ3v) is 3.26. The van der Waals surface area contributed by atoms with Crippen molar-refractivity contribution >= 4 is 0 Å². The monoisotopic (exact) mass is 243 g/mol. The van der Waals surface area contributed by atoms with Crippen molar-refractivity contribution in [3.8, 4) is 0 Å². The molecule has 0 saturated carbocycles. The maximum Gasteiger partial charge on any atom is 0.0612 e. The van der Waals surface area contributed by atoms with Gasteiger partial charge in [-0.25, -0.2) is 0 Å². The van der Waals surface area contributed by atoms with E-state index >= 15 is 0 Å². The van der Waals surface area contributed by atoms with Crippen LogP contribution in [0.4, 0.5) is 0 Å². The zero-order chi connectivity index (χ0) is 12.7. The van der Waals surface area contributed by atoms with Crippen LogP contribution in [-0.2, 0) is 9.47 Å². The molecule has 102 valence electrons. The summed E-state index contributed by atoms with van der Waals surface area (Å²) in [7, 11) is 0. The van der Waals surface area contributed by atoms with Crippen LogP contribution in [0, 0.1) is 5.92 Å². The van der Waals surface area contributed by atoms with Crippen molar-refractivity contribution in [2.75, 3.05) is 19.8 Å². The molecule has 0 aromatic carbocycles. The predicted molar refractivity (Wildman–Crippen MR) is 71.3 cm³/mol. The van der Waals surface area contributed by atoms with E-state index in [1.165, 1.54) is 0 Å². The first-order chi connectivity index (χ1) is 8.09. The van der Waals surface area contributed by atoms with Crippen LogP contribution in [0.25, 0.3) is 0 Å². The highest BCUT2D eigenvalue weighted by molar-refractivity contribution is 4.78. The second kappa shape index (κ2) is 8.06. The average molecular weight is 243 g/mol. The fourth-order valence-electron chi connectivity index (χ4n) is 2.18. The maximum atomic E-state index is 5.76. The molecule has 1 rings (SSSR count). The van der Waals surface area contributed by atoms with Crippen LogP contribution in [0.2, 0.25) is 0 Å². The van der Waals surface area contributed by atoms with Gasteiger partial charge < -0.3 is 14.8 Å². The van der Waals surface area contributed by atoms with E-state index < -0.39 is 0 Å². The van der Waals surface area contributed by atoms with E-state index in [4.69, 9.17) is 9.47 Å². The molecule has 3 nitrogen and oxygen atoms in total. The van der Waals surface area contributed by atoms with Gasteiger partial charge in [-0.3, -0.25) is 0 Å². The quantitative estimate of drug-likeness (QED) is 0.697. The molecule has 0 bridgehead atoms. The first-order valence-corrected chi connectivity index (χ1v) is 7.06. The van der Waals surface area contributed by atoms with Crippen molar-refractivity contribution in [2.45, 2.75) is 65.2 Å². The Labute approximate surface area is 106 Å². The fraction of sp³-hybridized carbons (Fsp3) is 1.00. The van der Waals surface area contributed by atoms with E-state index in [0.29, 0.717) is 24.2 Å². The van der Waals surface area contributed by atoms with Crippen LogP contribution in [-0.4, -0.2) is 38.0 Å². The molecule has 1 N–H and O–H groups in total. The highest BCUT2D eigenvalue weighted by Gasteiger charge is 2.24. The predicted octanol–water partition coefficient (Wildman–Crippen LogP) is 2.59. The molecule has 2 atom stereocenters. The largest absolute Gasteiger partial charge is 0.379 e. The normalized spacial score (nSPS) is 25.8. The van der Waals surface area contributed by atoms with Crippen LogP contribution >= 0.6 is 0 Å². The summed E-state index contributed by atoms with van der Waals surface area (Å²) in [6, 6.07) is 0.634. The Hall–Kier alpha value is -0.120. The number of hydrogen-bond donors (Lipinski definition) is 1. The van der Waals surface area contributed by atoms with E-state index in [-0.39, 0.29) is 0 Å². The van der Waals surface area contributed by atoms with Crippen molar-refractivity contribution in [1.82, 2.24) is 5.32 Å². The molecule has 17 heavy (non-hydrogen) atoms. The Bertz CT molecular complexity index is 195. The summed E-state index contributed by atoms with van der Waals surface area (Å²) in [5.41, 5.74) is 0. The SMILES string of the molecule is CC(C)OCCCNC1CCOC(C(C)C)C1. The van der Waals surface area contributed by atoms with Gasteiger partial charge in [-0.1, -0.05) is 13.8 Å². The molecule has 0 spiro atoms. The molecule has 1 fully saturated rings. The Morgan fingerprint density at radius 1 is 1.29 bits per heavy atom. The van der Waals surface area contributed by atoms with Gasteiger partial charge in [-0.2, -0.15) is 0 Å². The third kappa shape index (κ3) is 6.39. The van der Waals surface area contributed by atoms with Gasteiger partial charge in [0.2, 0.25) is 0 Å². The van der Waals surface area contributed by atoms with Crippen LogP contribution < -0.4 is 5.32 Å². The van der Waals surface area contributed by atoms with Crippen molar-refractivity contribution in [2.24, 2.45) is 5.92 Å². The van der Waals surface area contributed by atoms with Gasteiger partial charge in [-0.15, -0.1) is 0 Å². The third-order valence-electron chi connectivity index (χ3n) is 3.26. The lowest BCUT2D eigenvalue weighted by molar-refractivity contribution is -0.0246. The van der Waals surface area contributed by atoms with Gasteiger partial charge in [0.05, 0.1) is 12.2 Å². The molecule has 0 aliphatic carbocycles. The van der Waals surface area contributed by atoms with Crippen LogP contribution in [0.3, 0.4) is 0 Å². The van der Waals surface area contributed by atoms with Crippen molar-refractivity contribution in [3.05, 3.63) is 0 Å². The second-order valence-corrected chi connectivity index (χ2v) is 5.60. The lowest BCUT2D eigenvalue weighted by Crippen LogP contribution is -2.41. The fourth-order valence-corrected chi connectivity index (χ4v) is 2.18.